The number of aliphatic hydroxyl groups excluding tert-OH is 1. The van der Waals surface area contributed by atoms with Gasteiger partial charge in [-0.1, -0.05) is 32.9 Å². The second-order valence-corrected chi connectivity index (χ2v) is 14.3. The summed E-state index contributed by atoms with van der Waals surface area (Å²) in [6, 6.07) is 11.6. The van der Waals surface area contributed by atoms with Crippen molar-refractivity contribution in [1.29, 1.82) is 0 Å². The van der Waals surface area contributed by atoms with Gasteiger partial charge in [-0.15, -0.1) is 0 Å². The van der Waals surface area contributed by atoms with Crippen LogP contribution in [0.3, 0.4) is 0 Å². The summed E-state index contributed by atoms with van der Waals surface area (Å²) >= 11 is 0. The Hall–Kier alpha value is -3.57. The first kappa shape index (κ1) is 28.9. The third-order valence-electron chi connectivity index (χ3n) is 7.90. The number of nitrogens with zero attached hydrogens (tertiary/aromatic N) is 4. The van der Waals surface area contributed by atoms with Crippen LogP contribution in [0, 0.1) is 5.92 Å². The number of hydrogen-bond acceptors (Lipinski definition) is 9. The van der Waals surface area contributed by atoms with E-state index in [0.717, 1.165) is 30.7 Å². The van der Waals surface area contributed by atoms with Gasteiger partial charge < -0.3 is 15.3 Å². The molecule has 0 spiro atoms. The highest BCUT2D eigenvalue weighted by Crippen LogP contribution is 2.41. The third-order valence-corrected chi connectivity index (χ3v) is 9.13. The molecule has 1 amide bonds. The summed E-state index contributed by atoms with van der Waals surface area (Å²) in [5, 5.41) is 12.6. The summed E-state index contributed by atoms with van der Waals surface area (Å²) in [4.78, 5) is 29.6. The molecule has 1 unspecified atom stereocenters. The Morgan fingerprint density at radius 2 is 1.85 bits per heavy atom. The number of anilines is 2. The molecule has 2 aliphatic heterocycles. The maximum absolute atomic E-state index is 13.6. The van der Waals surface area contributed by atoms with Crippen LogP contribution in [0.15, 0.2) is 53.7 Å². The molecule has 0 aliphatic carbocycles. The molecule has 0 saturated carbocycles. The molecule has 5 rings (SSSR count). The molecular weight excluding hydrogens is 540 g/mol. The van der Waals surface area contributed by atoms with Gasteiger partial charge in [-0.25, -0.2) is 14.7 Å². The molecule has 1 fully saturated rings. The number of amides is 1. The van der Waals surface area contributed by atoms with Gasteiger partial charge in [0.25, 0.3) is 15.9 Å². The summed E-state index contributed by atoms with van der Waals surface area (Å²) in [6.45, 7) is 11.0. The largest absolute Gasteiger partial charge is 0.392 e. The number of nitrogens with one attached hydrogen (secondary N) is 2. The van der Waals surface area contributed by atoms with E-state index < -0.39 is 15.9 Å². The number of hydrogen-bond donors (Lipinski definition) is 3. The predicted molar refractivity (Wildman–Crippen MR) is 157 cm³/mol. The summed E-state index contributed by atoms with van der Waals surface area (Å²) in [7, 11) is -4.28. The third kappa shape index (κ3) is 6.06. The number of aromatic nitrogens is 3. The second kappa shape index (κ2) is 10.7. The lowest BCUT2D eigenvalue weighted by Crippen LogP contribution is -2.41. The fraction of sp³-hybridized carbons (Fsp3) is 0.467. The maximum atomic E-state index is 13.6. The van der Waals surface area contributed by atoms with Crippen molar-refractivity contribution in [2.45, 2.75) is 82.5 Å². The van der Waals surface area contributed by atoms with Crippen molar-refractivity contribution in [2.75, 3.05) is 16.8 Å². The van der Waals surface area contributed by atoms with Crippen LogP contribution in [0.4, 0.5) is 11.6 Å². The number of pyridine rings is 3. The fourth-order valence-electron chi connectivity index (χ4n) is 5.69. The molecule has 3 aromatic heterocycles. The first-order valence-corrected chi connectivity index (χ1v) is 15.4. The Morgan fingerprint density at radius 1 is 1.07 bits per heavy atom. The number of carbonyl (C=O) groups is 1. The second-order valence-electron chi connectivity index (χ2n) is 12.6. The lowest BCUT2D eigenvalue weighted by Gasteiger charge is -2.34. The molecule has 3 aromatic rings. The molecule has 218 valence electrons. The molecule has 3 N–H and O–H groups in total. The number of fused-ring (bicyclic) bond motifs is 6. The average molecular weight is 579 g/mol. The minimum Gasteiger partial charge on any atom is -0.392 e. The van der Waals surface area contributed by atoms with Crippen LogP contribution < -0.4 is 14.9 Å². The molecule has 4 bridgehead atoms. The number of carbonyl (C=O) groups excluding carboxylic acids is 1. The molecule has 0 radical (unpaired) electrons. The van der Waals surface area contributed by atoms with Gasteiger partial charge in [0.1, 0.15) is 11.6 Å². The van der Waals surface area contributed by atoms with E-state index in [1.807, 2.05) is 12.1 Å². The fourth-order valence-corrected chi connectivity index (χ4v) is 6.62. The standard InChI is InChI=1S/C30H38N6O4S/c1-29(2,3)24-14-11-21-27(33-24)36-17-19(15-30(36,4)5)9-13-23(22-12-10-20(18-37)16-31-22)32-25-7-6-8-26(34-25)41(39,40)35-28(21)38/h6-8,10-12,14,16,19,23,37H,9,13,15,17-18H2,1-5H3,(H,32,34)(H,35,38)/t19-,23?/m0/s1. The Bertz CT molecular complexity index is 1550. The van der Waals surface area contributed by atoms with Crippen LogP contribution in [0.25, 0.3) is 0 Å². The molecule has 10 nitrogen and oxygen atoms in total. The Balaban J connectivity index is 1.61. The highest BCUT2D eigenvalue weighted by atomic mass is 32.2. The summed E-state index contributed by atoms with van der Waals surface area (Å²) in [5.41, 5.74) is 1.94. The van der Waals surface area contributed by atoms with Crippen molar-refractivity contribution in [3.63, 3.8) is 0 Å². The van der Waals surface area contributed by atoms with Gasteiger partial charge in [0.05, 0.1) is 23.9 Å². The highest BCUT2D eigenvalue weighted by Gasteiger charge is 2.41. The molecule has 5 heterocycles. The zero-order chi connectivity index (χ0) is 29.6. The van der Waals surface area contributed by atoms with Gasteiger partial charge in [0, 0.05) is 29.4 Å². The van der Waals surface area contributed by atoms with Crippen molar-refractivity contribution in [3.05, 3.63) is 71.2 Å². The summed E-state index contributed by atoms with van der Waals surface area (Å²) in [6.07, 6.45) is 4.11. The van der Waals surface area contributed by atoms with Crippen molar-refractivity contribution in [3.8, 4) is 0 Å². The Kier molecular flexibility index (Phi) is 7.54. The lowest BCUT2D eigenvalue weighted by molar-refractivity contribution is 0.0981. The minimum atomic E-state index is -4.28. The van der Waals surface area contributed by atoms with Crippen LogP contribution >= 0.6 is 0 Å². The van der Waals surface area contributed by atoms with E-state index in [4.69, 9.17) is 4.98 Å². The van der Waals surface area contributed by atoms with Gasteiger partial charge in [-0.2, -0.15) is 8.42 Å². The first-order chi connectivity index (χ1) is 19.3. The zero-order valence-corrected chi connectivity index (χ0v) is 25.0. The minimum absolute atomic E-state index is 0.0992. The Labute approximate surface area is 241 Å². The van der Waals surface area contributed by atoms with Crippen molar-refractivity contribution in [1.82, 2.24) is 19.7 Å². The van der Waals surface area contributed by atoms with Gasteiger partial charge in [-0.05, 0) is 74.9 Å². The summed E-state index contributed by atoms with van der Waals surface area (Å²) in [5.74, 6) is 0.409. The topological polar surface area (TPSA) is 137 Å². The van der Waals surface area contributed by atoms with Gasteiger partial charge in [0.2, 0.25) is 0 Å². The van der Waals surface area contributed by atoms with E-state index in [2.05, 4.69) is 59.5 Å². The molecule has 11 heteroatoms. The Morgan fingerprint density at radius 3 is 2.54 bits per heavy atom. The van der Waals surface area contributed by atoms with E-state index in [0.29, 0.717) is 29.7 Å². The SMILES string of the molecule is CC(C)(C)c1ccc2c(n1)N1C[C@@H](CCC(c3ccc(CO)cn3)Nc3cccc(n3)S(=O)(=O)NC2=O)CC1(C)C. The first-order valence-electron chi connectivity index (χ1n) is 13.9. The molecule has 0 aromatic carbocycles. The van der Waals surface area contributed by atoms with E-state index in [1.54, 1.807) is 30.5 Å². The number of rotatable bonds is 2. The van der Waals surface area contributed by atoms with Crippen molar-refractivity contribution < 1.29 is 18.3 Å². The average Bonchev–Trinajstić information content (AvgIpc) is 3.23. The maximum Gasteiger partial charge on any atom is 0.281 e. The van der Waals surface area contributed by atoms with E-state index in [1.165, 1.54) is 6.07 Å². The quantitative estimate of drug-likeness (QED) is 0.406. The van der Waals surface area contributed by atoms with Crippen LogP contribution in [0.2, 0.25) is 0 Å². The number of sulfonamides is 1. The molecule has 1 saturated heterocycles. The van der Waals surface area contributed by atoms with Crippen LogP contribution in [0.1, 0.15) is 87.2 Å². The lowest BCUT2D eigenvalue weighted by atomic mass is 9.90. The monoisotopic (exact) mass is 578 g/mol. The zero-order valence-electron chi connectivity index (χ0n) is 24.2. The molecule has 2 aliphatic rings. The molecule has 2 atom stereocenters. The molecule has 41 heavy (non-hydrogen) atoms. The van der Waals surface area contributed by atoms with Crippen molar-refractivity contribution >= 4 is 27.6 Å². The van der Waals surface area contributed by atoms with Crippen LogP contribution in [-0.4, -0.2) is 46.5 Å². The number of aliphatic hydroxyl groups is 1. The van der Waals surface area contributed by atoms with Crippen molar-refractivity contribution in [2.24, 2.45) is 5.92 Å². The summed E-state index contributed by atoms with van der Waals surface area (Å²) < 4.78 is 29.0. The molecular formula is C30H38N6O4S. The smallest absolute Gasteiger partial charge is 0.281 e. The van der Waals surface area contributed by atoms with E-state index in [-0.39, 0.29) is 34.2 Å². The van der Waals surface area contributed by atoms with Gasteiger partial charge in [0.15, 0.2) is 5.03 Å². The van der Waals surface area contributed by atoms with Gasteiger partial charge >= 0.3 is 0 Å². The van der Waals surface area contributed by atoms with Gasteiger partial charge in [-0.3, -0.25) is 9.78 Å². The highest BCUT2D eigenvalue weighted by molar-refractivity contribution is 7.90. The normalized spacial score (nSPS) is 22.1. The predicted octanol–water partition coefficient (Wildman–Crippen LogP) is 4.33. The van der Waals surface area contributed by atoms with Crippen LogP contribution in [-0.2, 0) is 22.0 Å². The van der Waals surface area contributed by atoms with E-state index >= 15 is 0 Å². The van der Waals surface area contributed by atoms with E-state index in [9.17, 15) is 18.3 Å². The van der Waals surface area contributed by atoms with Crippen LogP contribution in [0.5, 0.6) is 0 Å².